The first-order valence-electron chi connectivity index (χ1n) is 12.3. The molecule has 2 saturated heterocycles. The van der Waals surface area contributed by atoms with E-state index in [-0.39, 0.29) is 23.8 Å². The zero-order valence-corrected chi connectivity index (χ0v) is 20.8. The summed E-state index contributed by atoms with van der Waals surface area (Å²) in [6.45, 7) is 12.6. The predicted octanol–water partition coefficient (Wildman–Crippen LogP) is 2.63. The van der Waals surface area contributed by atoms with Crippen LogP contribution in [0.5, 0.6) is 0 Å². The van der Waals surface area contributed by atoms with Gasteiger partial charge in [0.15, 0.2) is 11.2 Å². The Kier molecular flexibility index (Phi) is 5.23. The highest BCUT2D eigenvalue weighted by atomic mass is 16.6. The zero-order valence-electron chi connectivity index (χ0n) is 20.8. The van der Waals surface area contributed by atoms with Gasteiger partial charge in [0.1, 0.15) is 0 Å². The van der Waals surface area contributed by atoms with E-state index >= 15 is 0 Å². The molecule has 2 N–H and O–H groups in total. The van der Waals surface area contributed by atoms with Crippen molar-refractivity contribution in [3.05, 3.63) is 0 Å². The van der Waals surface area contributed by atoms with Gasteiger partial charge in [0.2, 0.25) is 0 Å². The van der Waals surface area contributed by atoms with Crippen LogP contribution in [0.25, 0.3) is 0 Å². The second-order valence-corrected chi connectivity index (χ2v) is 11.9. The third kappa shape index (κ3) is 2.75. The van der Waals surface area contributed by atoms with E-state index < -0.39 is 32.9 Å². The molecule has 8 nitrogen and oxygen atoms in total. The SMILES string of the molecule is CC12CCC(C(=O)NCCCCCNC(=O)C34CCC(C)(C(=O)O3)C4(C)C)(OC1=O)C2(C)C. The molecule has 2 heterocycles. The normalized spacial score (nSPS) is 39.3. The molecule has 4 atom stereocenters. The first-order valence-corrected chi connectivity index (χ1v) is 12.3. The van der Waals surface area contributed by atoms with Crippen LogP contribution in [0.3, 0.4) is 0 Å². The highest BCUT2D eigenvalue weighted by molar-refractivity contribution is 5.97. The molecule has 184 valence electrons. The Hall–Kier alpha value is -2.12. The van der Waals surface area contributed by atoms with E-state index in [1.807, 2.05) is 41.5 Å². The van der Waals surface area contributed by atoms with Crippen LogP contribution in [0.4, 0.5) is 0 Å². The summed E-state index contributed by atoms with van der Waals surface area (Å²) in [7, 11) is 0. The van der Waals surface area contributed by atoms with Gasteiger partial charge in [-0.05, 0) is 58.8 Å². The summed E-state index contributed by atoms with van der Waals surface area (Å²) in [6, 6.07) is 0. The highest BCUT2D eigenvalue weighted by Gasteiger charge is 2.76. The lowest BCUT2D eigenvalue weighted by Gasteiger charge is -2.35. The Bertz CT molecular complexity index is 841. The van der Waals surface area contributed by atoms with E-state index in [1.54, 1.807) is 0 Å². The lowest BCUT2D eigenvalue weighted by atomic mass is 9.66. The van der Waals surface area contributed by atoms with Gasteiger partial charge in [-0.25, -0.2) is 0 Å². The molecule has 0 radical (unpaired) electrons. The van der Waals surface area contributed by atoms with Gasteiger partial charge < -0.3 is 20.1 Å². The third-order valence-corrected chi connectivity index (χ3v) is 10.3. The minimum atomic E-state index is -1.08. The molecule has 33 heavy (non-hydrogen) atoms. The van der Waals surface area contributed by atoms with Gasteiger partial charge in [0.25, 0.3) is 11.8 Å². The van der Waals surface area contributed by atoms with Gasteiger partial charge in [-0.3, -0.25) is 19.2 Å². The first kappa shape index (κ1) is 24.0. The predicted molar refractivity (Wildman–Crippen MR) is 120 cm³/mol. The third-order valence-electron chi connectivity index (χ3n) is 10.3. The van der Waals surface area contributed by atoms with Crippen LogP contribution in [-0.2, 0) is 28.7 Å². The van der Waals surface area contributed by atoms with Gasteiger partial charge in [0.05, 0.1) is 10.8 Å². The van der Waals surface area contributed by atoms with Crippen molar-refractivity contribution < 1.29 is 28.7 Å². The minimum Gasteiger partial charge on any atom is -0.448 e. The molecule has 2 saturated carbocycles. The molecule has 0 aromatic heterocycles. The van der Waals surface area contributed by atoms with E-state index in [1.165, 1.54) is 0 Å². The van der Waals surface area contributed by atoms with Gasteiger partial charge in [-0.2, -0.15) is 0 Å². The Morgan fingerprint density at radius 2 is 1.03 bits per heavy atom. The number of carbonyl (C=O) groups excluding carboxylic acids is 4. The van der Waals surface area contributed by atoms with Crippen LogP contribution in [0, 0.1) is 21.7 Å². The van der Waals surface area contributed by atoms with Gasteiger partial charge in [-0.1, -0.05) is 27.7 Å². The lowest BCUT2D eigenvalue weighted by Crippen LogP contribution is -2.53. The number of ether oxygens (including phenoxy) is 2. The maximum Gasteiger partial charge on any atom is 0.313 e. The number of esters is 2. The van der Waals surface area contributed by atoms with Gasteiger partial charge in [-0.15, -0.1) is 0 Å². The maximum absolute atomic E-state index is 13.0. The largest absolute Gasteiger partial charge is 0.448 e. The number of hydrogen-bond acceptors (Lipinski definition) is 6. The van der Waals surface area contributed by atoms with Crippen LogP contribution >= 0.6 is 0 Å². The molecular formula is C25H38N2O6. The molecule has 0 aromatic carbocycles. The maximum atomic E-state index is 13.0. The fourth-order valence-corrected chi connectivity index (χ4v) is 6.61. The summed E-state index contributed by atoms with van der Waals surface area (Å²) in [6.07, 6.45) is 4.78. The standard InChI is InChI=1S/C25H38N2O6/c1-20(2)22(5)10-12-24(20,32-18(22)30)16(28)26-14-8-7-9-15-27-17(29)25-13-11-23(6,19(31)33-25)21(25,3)4/h7-15H2,1-6H3,(H,26,28)(H,27,29). The van der Waals surface area contributed by atoms with Crippen molar-refractivity contribution in [3.8, 4) is 0 Å². The second-order valence-electron chi connectivity index (χ2n) is 11.9. The molecule has 8 heteroatoms. The van der Waals surface area contributed by atoms with Gasteiger partial charge in [0, 0.05) is 23.9 Å². The number of amides is 2. The molecule has 2 amide bonds. The first-order chi connectivity index (χ1) is 15.2. The average molecular weight is 463 g/mol. The molecule has 4 unspecified atom stereocenters. The topological polar surface area (TPSA) is 111 Å². The van der Waals surface area contributed by atoms with Crippen molar-refractivity contribution in [1.29, 1.82) is 0 Å². The van der Waals surface area contributed by atoms with Crippen molar-refractivity contribution in [2.75, 3.05) is 13.1 Å². The van der Waals surface area contributed by atoms with Crippen LogP contribution < -0.4 is 10.6 Å². The second kappa shape index (κ2) is 7.19. The number of carbonyl (C=O) groups is 4. The molecule has 4 aliphatic rings. The Morgan fingerprint density at radius 1 is 0.667 bits per heavy atom. The molecule has 4 fully saturated rings. The number of nitrogens with one attached hydrogen (secondary N) is 2. The number of unbranched alkanes of at least 4 members (excludes halogenated alkanes) is 2. The van der Waals surface area contributed by atoms with Crippen LogP contribution in [-0.4, -0.2) is 48.0 Å². The van der Waals surface area contributed by atoms with Crippen molar-refractivity contribution in [3.63, 3.8) is 0 Å². The fourth-order valence-electron chi connectivity index (χ4n) is 6.61. The lowest BCUT2D eigenvalue weighted by molar-refractivity contribution is -0.168. The number of rotatable bonds is 8. The quantitative estimate of drug-likeness (QED) is 0.424. The van der Waals surface area contributed by atoms with Crippen molar-refractivity contribution >= 4 is 23.8 Å². The van der Waals surface area contributed by atoms with E-state index in [0.29, 0.717) is 38.8 Å². The minimum absolute atomic E-state index is 0.205. The van der Waals surface area contributed by atoms with Crippen molar-refractivity contribution in [1.82, 2.24) is 10.6 Å². The highest BCUT2D eigenvalue weighted by Crippen LogP contribution is 2.66. The van der Waals surface area contributed by atoms with E-state index in [4.69, 9.17) is 9.47 Å². The van der Waals surface area contributed by atoms with Crippen LogP contribution in [0.2, 0.25) is 0 Å². The molecule has 0 spiro atoms. The van der Waals surface area contributed by atoms with Crippen molar-refractivity contribution in [2.24, 2.45) is 21.7 Å². The molecule has 4 bridgehead atoms. The summed E-state index contributed by atoms with van der Waals surface area (Å²) in [4.78, 5) is 50.6. The summed E-state index contributed by atoms with van der Waals surface area (Å²) in [5.41, 5.74) is -4.46. The molecule has 0 aromatic rings. The fraction of sp³-hybridized carbons (Fsp3) is 0.840. The van der Waals surface area contributed by atoms with E-state index in [9.17, 15) is 19.2 Å². The van der Waals surface area contributed by atoms with Crippen molar-refractivity contribution in [2.45, 2.75) is 97.7 Å². The van der Waals surface area contributed by atoms with Crippen LogP contribution in [0.1, 0.15) is 86.5 Å². The summed E-state index contributed by atoms with van der Waals surface area (Å²) in [5, 5.41) is 5.92. The summed E-state index contributed by atoms with van der Waals surface area (Å²) < 4.78 is 11.2. The van der Waals surface area contributed by atoms with E-state index in [2.05, 4.69) is 10.6 Å². The van der Waals surface area contributed by atoms with Gasteiger partial charge >= 0.3 is 11.9 Å². The van der Waals surface area contributed by atoms with Crippen LogP contribution in [0.15, 0.2) is 0 Å². The molecule has 4 rings (SSSR count). The van der Waals surface area contributed by atoms with E-state index in [0.717, 1.165) is 19.3 Å². The average Bonchev–Trinajstić information content (AvgIpc) is 3.20. The summed E-state index contributed by atoms with van der Waals surface area (Å²) >= 11 is 0. The smallest absolute Gasteiger partial charge is 0.313 e. The Morgan fingerprint density at radius 3 is 1.30 bits per heavy atom. The zero-order chi connectivity index (χ0) is 24.5. The Balaban J connectivity index is 1.20. The molecule has 2 aliphatic carbocycles. The Labute approximate surface area is 195 Å². The molecule has 2 aliphatic heterocycles. The summed E-state index contributed by atoms with van der Waals surface area (Å²) in [5.74, 6) is -0.960. The monoisotopic (exact) mass is 462 g/mol. The molecular weight excluding hydrogens is 424 g/mol. The number of fused-ring (bicyclic) bond motifs is 4. The number of hydrogen-bond donors (Lipinski definition) is 2.